The van der Waals surface area contributed by atoms with Crippen LogP contribution in [-0.2, 0) is 4.79 Å². The second-order valence-corrected chi connectivity index (χ2v) is 4.75. The third-order valence-corrected chi connectivity index (χ3v) is 3.19. The van der Waals surface area contributed by atoms with Gasteiger partial charge in [-0.05, 0) is 12.5 Å². The number of nitrogens with two attached hydrogens (primary N) is 1. The Morgan fingerprint density at radius 1 is 1.56 bits per heavy atom. The Labute approximate surface area is 109 Å². The van der Waals surface area contributed by atoms with E-state index in [0.717, 1.165) is 5.56 Å². The quantitative estimate of drug-likeness (QED) is 0.463. The highest BCUT2D eigenvalue weighted by Gasteiger charge is 2.10. The average molecular weight is 269 g/mol. The van der Waals surface area contributed by atoms with Gasteiger partial charge in [-0.25, -0.2) is 0 Å². The van der Waals surface area contributed by atoms with Crippen LogP contribution in [0.5, 0.6) is 0 Å². The fraction of sp³-hybridized carbons (Fsp3) is 0.364. The number of nitrogens with one attached hydrogen (secondary N) is 1. The Kier molecular flexibility index (Phi) is 5.60. The van der Waals surface area contributed by atoms with Crippen LogP contribution in [0.3, 0.4) is 0 Å². The topological polar surface area (TPSA) is 98.3 Å². The fourth-order valence-electron chi connectivity index (χ4n) is 1.29. The molecule has 7 heteroatoms. The molecule has 3 N–H and O–H groups in total. The molecule has 1 amide bonds. The lowest BCUT2D eigenvalue weighted by Crippen LogP contribution is -2.16. The Morgan fingerprint density at radius 2 is 2.28 bits per heavy atom. The van der Waals surface area contributed by atoms with Crippen molar-refractivity contribution in [2.45, 2.75) is 6.92 Å². The van der Waals surface area contributed by atoms with Gasteiger partial charge in [0.15, 0.2) is 0 Å². The van der Waals surface area contributed by atoms with E-state index in [-0.39, 0.29) is 11.6 Å². The average Bonchev–Trinajstić information content (AvgIpc) is 2.32. The van der Waals surface area contributed by atoms with E-state index < -0.39 is 4.92 Å². The van der Waals surface area contributed by atoms with E-state index in [0.29, 0.717) is 23.7 Å². The van der Waals surface area contributed by atoms with Gasteiger partial charge in [-0.2, -0.15) is 11.8 Å². The molecule has 0 saturated heterocycles. The van der Waals surface area contributed by atoms with E-state index in [2.05, 4.69) is 5.32 Å². The maximum atomic E-state index is 11.6. The molecule has 1 rings (SSSR count). The smallest absolute Gasteiger partial charge is 0.271 e. The normalized spacial score (nSPS) is 10.1. The van der Waals surface area contributed by atoms with Crippen molar-refractivity contribution in [3.8, 4) is 0 Å². The predicted molar refractivity (Wildman–Crippen MR) is 72.8 cm³/mol. The molecule has 0 aliphatic rings. The van der Waals surface area contributed by atoms with E-state index in [1.54, 1.807) is 13.0 Å². The molecule has 0 radical (unpaired) electrons. The number of nitrogens with zero attached hydrogens (tertiary/aromatic N) is 1. The molecule has 0 aliphatic heterocycles. The minimum atomic E-state index is -0.488. The Hall–Kier alpha value is -1.60. The summed E-state index contributed by atoms with van der Waals surface area (Å²) in [5, 5.41) is 13.3. The number of hydrogen-bond donors (Lipinski definition) is 2. The summed E-state index contributed by atoms with van der Waals surface area (Å²) in [5.41, 5.74) is 6.54. The van der Waals surface area contributed by atoms with Crippen LogP contribution in [0.15, 0.2) is 18.2 Å². The van der Waals surface area contributed by atoms with Crippen molar-refractivity contribution >= 4 is 29.0 Å². The van der Waals surface area contributed by atoms with Crippen molar-refractivity contribution < 1.29 is 9.72 Å². The minimum Gasteiger partial charge on any atom is -0.330 e. The maximum absolute atomic E-state index is 11.6. The number of nitro groups is 1. The highest BCUT2D eigenvalue weighted by atomic mass is 32.2. The lowest BCUT2D eigenvalue weighted by Gasteiger charge is -2.07. The van der Waals surface area contributed by atoms with Gasteiger partial charge in [-0.15, -0.1) is 0 Å². The zero-order chi connectivity index (χ0) is 13.5. The van der Waals surface area contributed by atoms with Gasteiger partial charge < -0.3 is 11.1 Å². The van der Waals surface area contributed by atoms with Crippen molar-refractivity contribution in [3.05, 3.63) is 33.9 Å². The summed E-state index contributed by atoms with van der Waals surface area (Å²) < 4.78 is 0. The zero-order valence-corrected chi connectivity index (χ0v) is 10.8. The molecule has 18 heavy (non-hydrogen) atoms. The first kappa shape index (κ1) is 14.5. The number of carbonyl (C=O) groups is 1. The number of rotatable bonds is 6. The molecule has 98 valence electrons. The van der Waals surface area contributed by atoms with Crippen molar-refractivity contribution in [1.82, 2.24) is 0 Å². The van der Waals surface area contributed by atoms with E-state index >= 15 is 0 Å². The maximum Gasteiger partial charge on any atom is 0.271 e. The summed E-state index contributed by atoms with van der Waals surface area (Å²) in [6, 6.07) is 4.38. The van der Waals surface area contributed by atoms with Gasteiger partial charge in [0, 0.05) is 24.4 Å². The van der Waals surface area contributed by atoms with Crippen LogP contribution in [0.1, 0.15) is 5.56 Å². The summed E-state index contributed by atoms with van der Waals surface area (Å²) in [6.07, 6.45) is 0. The number of carbonyl (C=O) groups excluding carboxylic acids is 1. The van der Waals surface area contributed by atoms with Gasteiger partial charge in [-0.3, -0.25) is 14.9 Å². The Bertz CT molecular complexity index is 451. The lowest BCUT2D eigenvalue weighted by atomic mass is 10.2. The van der Waals surface area contributed by atoms with Crippen molar-refractivity contribution in [2.24, 2.45) is 5.73 Å². The molecular weight excluding hydrogens is 254 g/mol. The van der Waals surface area contributed by atoms with E-state index in [4.69, 9.17) is 5.73 Å². The number of amides is 1. The van der Waals surface area contributed by atoms with Gasteiger partial charge in [0.05, 0.1) is 16.4 Å². The third-order valence-electron chi connectivity index (χ3n) is 2.20. The molecule has 0 aromatic heterocycles. The summed E-state index contributed by atoms with van der Waals surface area (Å²) in [6.45, 7) is 2.31. The molecule has 0 spiro atoms. The largest absolute Gasteiger partial charge is 0.330 e. The second-order valence-electron chi connectivity index (χ2n) is 3.65. The molecule has 0 saturated carbocycles. The van der Waals surface area contributed by atoms with Crippen molar-refractivity contribution in [1.29, 1.82) is 0 Å². The zero-order valence-electron chi connectivity index (χ0n) is 10.0. The molecule has 0 atom stereocenters. The summed E-state index contributed by atoms with van der Waals surface area (Å²) in [7, 11) is 0. The molecule has 1 aromatic rings. The number of anilines is 1. The fourth-order valence-corrected chi connectivity index (χ4v) is 1.86. The summed E-state index contributed by atoms with van der Waals surface area (Å²) >= 11 is 1.43. The molecule has 0 unspecified atom stereocenters. The molecule has 0 fully saturated rings. The van der Waals surface area contributed by atoms with Crippen LogP contribution in [0.25, 0.3) is 0 Å². The van der Waals surface area contributed by atoms with Gasteiger partial charge in [0.1, 0.15) is 0 Å². The number of nitro benzene ring substituents is 1. The van der Waals surface area contributed by atoms with Crippen LogP contribution in [0.2, 0.25) is 0 Å². The second kappa shape index (κ2) is 6.97. The molecule has 1 aromatic carbocycles. The number of benzene rings is 1. The van der Waals surface area contributed by atoms with Crippen LogP contribution in [0.4, 0.5) is 11.4 Å². The molecular formula is C11H15N3O3S. The molecule has 6 nitrogen and oxygen atoms in total. The summed E-state index contributed by atoms with van der Waals surface area (Å²) in [5.74, 6) is 0.817. The first-order valence-electron chi connectivity index (χ1n) is 5.37. The van der Waals surface area contributed by atoms with Gasteiger partial charge in [-0.1, -0.05) is 6.07 Å². The van der Waals surface area contributed by atoms with Gasteiger partial charge in [0.25, 0.3) is 5.69 Å². The van der Waals surface area contributed by atoms with E-state index in [1.807, 2.05) is 0 Å². The van der Waals surface area contributed by atoms with E-state index in [9.17, 15) is 14.9 Å². The van der Waals surface area contributed by atoms with Crippen LogP contribution >= 0.6 is 11.8 Å². The number of hydrogen-bond acceptors (Lipinski definition) is 5. The van der Waals surface area contributed by atoms with Gasteiger partial charge >= 0.3 is 0 Å². The van der Waals surface area contributed by atoms with Crippen molar-refractivity contribution in [3.63, 3.8) is 0 Å². The SMILES string of the molecule is Cc1ccc([N+](=O)[O-])cc1NC(=O)CSCCN. The monoisotopic (exact) mass is 269 g/mol. The van der Waals surface area contributed by atoms with Crippen LogP contribution in [0, 0.1) is 17.0 Å². The standard InChI is InChI=1S/C11H15N3O3S/c1-8-2-3-9(14(16)17)6-10(8)13-11(15)7-18-5-4-12/h2-3,6H,4-5,7,12H2,1H3,(H,13,15). The number of thioether (sulfide) groups is 1. The highest BCUT2D eigenvalue weighted by Crippen LogP contribution is 2.21. The predicted octanol–water partition coefficient (Wildman–Crippen LogP) is 1.53. The van der Waals surface area contributed by atoms with E-state index in [1.165, 1.54) is 23.9 Å². The molecule has 0 bridgehead atoms. The number of aryl methyl sites for hydroxylation is 1. The first-order chi connectivity index (χ1) is 8.54. The third kappa shape index (κ3) is 4.34. The molecule has 0 heterocycles. The highest BCUT2D eigenvalue weighted by molar-refractivity contribution is 7.99. The lowest BCUT2D eigenvalue weighted by molar-refractivity contribution is -0.384. The van der Waals surface area contributed by atoms with Crippen LogP contribution < -0.4 is 11.1 Å². The number of non-ortho nitro benzene ring substituents is 1. The Morgan fingerprint density at radius 3 is 2.89 bits per heavy atom. The van der Waals surface area contributed by atoms with Gasteiger partial charge in [0.2, 0.25) is 5.91 Å². The Balaban J connectivity index is 2.68. The summed E-state index contributed by atoms with van der Waals surface area (Å²) in [4.78, 5) is 21.7. The van der Waals surface area contributed by atoms with Crippen molar-refractivity contribution in [2.75, 3.05) is 23.4 Å². The molecule has 0 aliphatic carbocycles. The minimum absolute atomic E-state index is 0.0366. The van der Waals surface area contributed by atoms with Crippen LogP contribution in [-0.4, -0.2) is 28.9 Å². The first-order valence-corrected chi connectivity index (χ1v) is 6.52.